The first kappa shape index (κ1) is 20.2. The maximum absolute atomic E-state index is 13.7. The monoisotopic (exact) mass is 427 g/mol. The number of halogens is 1. The van der Waals surface area contributed by atoms with Crippen LogP contribution < -0.4 is 11.1 Å². The zero-order valence-electron chi connectivity index (χ0n) is 17.0. The van der Waals surface area contributed by atoms with Gasteiger partial charge in [0.1, 0.15) is 15.5 Å². The number of nitrogens with zero attached hydrogens (tertiary/aromatic N) is 3. The summed E-state index contributed by atoms with van der Waals surface area (Å²) in [5.41, 5.74) is 9.17. The van der Waals surface area contributed by atoms with E-state index in [9.17, 15) is 14.0 Å². The van der Waals surface area contributed by atoms with Gasteiger partial charge in [0, 0.05) is 30.1 Å². The van der Waals surface area contributed by atoms with E-state index in [0.717, 1.165) is 16.6 Å². The molecule has 3 N–H and O–H groups in total. The van der Waals surface area contributed by atoms with Crippen LogP contribution in [0.3, 0.4) is 0 Å². The Balaban J connectivity index is 1.48. The Morgan fingerprint density at radius 1 is 1.27 bits per heavy atom. The fraction of sp³-hybridized carbons (Fsp3) is 0.333. The second kappa shape index (κ2) is 7.64. The minimum Gasteiger partial charge on any atom is -0.397 e. The summed E-state index contributed by atoms with van der Waals surface area (Å²) in [6.45, 7) is 6.29. The van der Waals surface area contributed by atoms with E-state index in [0.29, 0.717) is 40.5 Å². The minimum atomic E-state index is -0.417. The number of anilines is 1. The van der Waals surface area contributed by atoms with Crippen molar-refractivity contribution in [1.29, 1.82) is 0 Å². The van der Waals surface area contributed by atoms with Crippen molar-refractivity contribution in [2.24, 2.45) is 0 Å². The summed E-state index contributed by atoms with van der Waals surface area (Å²) in [5, 5.41) is 11.9. The van der Waals surface area contributed by atoms with E-state index in [2.05, 4.69) is 15.5 Å². The third kappa shape index (κ3) is 3.49. The number of thiophene rings is 1. The molecule has 0 bridgehead atoms. The molecule has 1 unspecified atom stereocenters. The van der Waals surface area contributed by atoms with Gasteiger partial charge in [-0.2, -0.15) is 5.10 Å². The van der Waals surface area contributed by atoms with E-state index in [4.69, 9.17) is 5.73 Å². The summed E-state index contributed by atoms with van der Waals surface area (Å²) in [5.74, 6) is -0.943. The van der Waals surface area contributed by atoms with Crippen molar-refractivity contribution < 1.29 is 14.0 Å². The zero-order valence-corrected chi connectivity index (χ0v) is 17.8. The predicted molar refractivity (Wildman–Crippen MR) is 114 cm³/mol. The topological polar surface area (TPSA) is 101 Å². The number of fused-ring (bicyclic) bond motifs is 1. The molecule has 1 fully saturated rings. The highest BCUT2D eigenvalue weighted by molar-refractivity contribution is 7.21. The number of nitrogen functional groups attached to an aromatic ring is 1. The largest absolute Gasteiger partial charge is 0.397 e. The van der Waals surface area contributed by atoms with Crippen LogP contribution in [0.4, 0.5) is 10.1 Å². The Labute approximate surface area is 177 Å². The van der Waals surface area contributed by atoms with Gasteiger partial charge >= 0.3 is 0 Å². The molecule has 156 valence electrons. The van der Waals surface area contributed by atoms with Gasteiger partial charge in [-0.05, 0) is 50.5 Å². The Morgan fingerprint density at radius 2 is 2.03 bits per heavy atom. The van der Waals surface area contributed by atoms with Crippen molar-refractivity contribution in [3.05, 3.63) is 51.3 Å². The van der Waals surface area contributed by atoms with Crippen LogP contribution in [0.1, 0.15) is 43.3 Å². The van der Waals surface area contributed by atoms with E-state index >= 15 is 0 Å². The predicted octanol–water partition coefficient (Wildman–Crippen LogP) is 2.98. The highest BCUT2D eigenvalue weighted by Gasteiger charge is 2.31. The van der Waals surface area contributed by atoms with Gasteiger partial charge < -0.3 is 16.0 Å². The molecule has 1 saturated heterocycles. The van der Waals surface area contributed by atoms with Gasteiger partial charge in [-0.3, -0.25) is 9.59 Å². The third-order valence-corrected chi connectivity index (χ3v) is 6.65. The highest BCUT2D eigenvalue weighted by atomic mass is 32.1. The Kier molecular flexibility index (Phi) is 5.15. The standard InChI is InChI=1S/C21H22FN5O2S/c1-10-4-5-13(8-15(10)22)19(28)24-14-6-7-27(9-14)21(29)18-17(23)16-11(2)12(3)25-26-20(16)30-18/h4-5,8,14H,6-7,9,23H2,1-3H3,(H,24,28). The van der Waals surface area contributed by atoms with Crippen LogP contribution in [0, 0.1) is 26.6 Å². The number of rotatable bonds is 3. The molecular weight excluding hydrogens is 405 g/mol. The summed E-state index contributed by atoms with van der Waals surface area (Å²) < 4.78 is 13.7. The number of carbonyl (C=O) groups is 2. The molecule has 1 aliphatic rings. The number of aromatic nitrogens is 2. The zero-order chi connectivity index (χ0) is 21.6. The van der Waals surface area contributed by atoms with Gasteiger partial charge in [-0.25, -0.2) is 4.39 Å². The summed E-state index contributed by atoms with van der Waals surface area (Å²) in [6.07, 6.45) is 0.620. The lowest BCUT2D eigenvalue weighted by atomic mass is 10.1. The molecule has 9 heteroatoms. The molecule has 0 aliphatic carbocycles. The van der Waals surface area contributed by atoms with Gasteiger partial charge in [0.25, 0.3) is 11.8 Å². The molecule has 1 aliphatic heterocycles. The number of nitrogens with one attached hydrogen (secondary N) is 1. The molecule has 2 aromatic heterocycles. The Hall–Kier alpha value is -3.07. The molecule has 2 amide bonds. The van der Waals surface area contributed by atoms with Crippen LogP contribution in [-0.4, -0.2) is 46.0 Å². The second-order valence-corrected chi connectivity index (χ2v) is 8.61. The van der Waals surface area contributed by atoms with Crippen molar-refractivity contribution >= 4 is 39.1 Å². The lowest BCUT2D eigenvalue weighted by Crippen LogP contribution is -2.38. The molecule has 0 spiro atoms. The average molecular weight is 428 g/mol. The lowest BCUT2D eigenvalue weighted by molar-refractivity contribution is 0.0788. The third-order valence-electron chi connectivity index (χ3n) is 5.57. The van der Waals surface area contributed by atoms with Gasteiger partial charge in [0.2, 0.25) is 0 Å². The maximum Gasteiger partial charge on any atom is 0.266 e. The molecule has 1 atom stereocenters. The van der Waals surface area contributed by atoms with Gasteiger partial charge in [0.15, 0.2) is 0 Å². The van der Waals surface area contributed by atoms with E-state index in [1.165, 1.54) is 17.4 Å². The Bertz CT molecular complexity index is 1180. The van der Waals surface area contributed by atoms with Crippen LogP contribution in [0.2, 0.25) is 0 Å². The minimum absolute atomic E-state index is 0.175. The van der Waals surface area contributed by atoms with Crippen molar-refractivity contribution in [3.63, 3.8) is 0 Å². The number of carbonyl (C=O) groups excluding carboxylic acids is 2. The summed E-state index contributed by atoms with van der Waals surface area (Å²) >= 11 is 1.24. The quantitative estimate of drug-likeness (QED) is 0.669. The molecule has 0 radical (unpaired) electrons. The number of benzene rings is 1. The molecule has 30 heavy (non-hydrogen) atoms. The summed E-state index contributed by atoms with van der Waals surface area (Å²) in [6, 6.07) is 4.19. The summed E-state index contributed by atoms with van der Waals surface area (Å²) in [7, 11) is 0. The van der Waals surface area contributed by atoms with Crippen molar-refractivity contribution in [2.75, 3.05) is 18.8 Å². The molecule has 0 saturated carbocycles. The maximum atomic E-state index is 13.7. The van der Waals surface area contributed by atoms with Crippen LogP contribution in [0.25, 0.3) is 10.2 Å². The number of amides is 2. The highest BCUT2D eigenvalue weighted by Crippen LogP contribution is 2.36. The van der Waals surface area contributed by atoms with Crippen LogP contribution in [0.15, 0.2) is 18.2 Å². The smallest absolute Gasteiger partial charge is 0.266 e. The van der Waals surface area contributed by atoms with Gasteiger partial charge in [-0.15, -0.1) is 16.4 Å². The SMILES string of the molecule is Cc1ccc(C(=O)NC2CCN(C(=O)c3sc4nnc(C)c(C)c4c3N)C2)cc1F. The molecular formula is C21H22FN5O2S. The van der Waals surface area contributed by atoms with Crippen molar-refractivity contribution in [3.8, 4) is 0 Å². The van der Waals surface area contributed by atoms with Crippen LogP contribution in [0.5, 0.6) is 0 Å². The second-order valence-electron chi connectivity index (χ2n) is 7.61. The van der Waals surface area contributed by atoms with Crippen molar-refractivity contribution in [2.45, 2.75) is 33.2 Å². The lowest BCUT2D eigenvalue weighted by Gasteiger charge is -2.17. The van der Waals surface area contributed by atoms with E-state index in [1.54, 1.807) is 24.0 Å². The number of aryl methyl sites for hydroxylation is 3. The molecule has 1 aromatic carbocycles. The van der Waals surface area contributed by atoms with E-state index in [1.807, 2.05) is 13.8 Å². The molecule has 4 rings (SSSR count). The average Bonchev–Trinajstić information content (AvgIpc) is 3.31. The number of nitrogens with two attached hydrogens (primary N) is 1. The first-order chi connectivity index (χ1) is 14.3. The van der Waals surface area contributed by atoms with Gasteiger partial charge in [-0.1, -0.05) is 6.07 Å². The fourth-order valence-electron chi connectivity index (χ4n) is 3.61. The first-order valence-electron chi connectivity index (χ1n) is 9.64. The molecule has 3 aromatic rings. The summed E-state index contributed by atoms with van der Waals surface area (Å²) in [4.78, 5) is 28.3. The number of likely N-dealkylation sites (tertiary alicyclic amines) is 1. The molecule has 3 heterocycles. The molecule has 7 nitrogen and oxygen atoms in total. The van der Waals surface area contributed by atoms with Crippen molar-refractivity contribution in [1.82, 2.24) is 20.4 Å². The van der Waals surface area contributed by atoms with Crippen LogP contribution in [-0.2, 0) is 0 Å². The number of hydrogen-bond donors (Lipinski definition) is 2. The fourth-order valence-corrected chi connectivity index (χ4v) is 4.68. The van der Waals surface area contributed by atoms with Crippen LogP contribution >= 0.6 is 11.3 Å². The van der Waals surface area contributed by atoms with E-state index < -0.39 is 5.82 Å². The number of hydrogen-bond acceptors (Lipinski definition) is 6. The van der Waals surface area contributed by atoms with Gasteiger partial charge in [0.05, 0.1) is 11.4 Å². The first-order valence-corrected chi connectivity index (χ1v) is 10.5. The normalized spacial score (nSPS) is 16.3. The van der Waals surface area contributed by atoms with E-state index in [-0.39, 0.29) is 23.4 Å². The Morgan fingerprint density at radius 3 is 2.77 bits per heavy atom.